The summed E-state index contributed by atoms with van der Waals surface area (Å²) in [6.45, 7) is 0. The Kier molecular flexibility index (Phi) is 6.18. The van der Waals surface area contributed by atoms with E-state index in [9.17, 15) is 13.2 Å². The van der Waals surface area contributed by atoms with Crippen molar-refractivity contribution in [3.63, 3.8) is 0 Å². The molecule has 0 saturated heterocycles. The Balaban J connectivity index is 1.56. The van der Waals surface area contributed by atoms with Crippen molar-refractivity contribution in [3.05, 3.63) is 94.6 Å². The topological polar surface area (TPSA) is 101 Å². The van der Waals surface area contributed by atoms with Gasteiger partial charge in [-0.1, -0.05) is 70.8 Å². The summed E-state index contributed by atoms with van der Waals surface area (Å²) in [6.07, 6.45) is 0. The van der Waals surface area contributed by atoms with Crippen molar-refractivity contribution in [2.45, 2.75) is 4.90 Å². The molecule has 0 unspecified atom stereocenters. The lowest BCUT2D eigenvalue weighted by molar-refractivity contribution is 0.101. The minimum atomic E-state index is -4.07. The molecule has 1 aromatic heterocycles. The number of carbonyl (C=O) groups excluding carboxylic acids is 1. The van der Waals surface area contributed by atoms with E-state index >= 15 is 0 Å². The van der Waals surface area contributed by atoms with Crippen molar-refractivity contribution in [3.8, 4) is 11.3 Å². The van der Waals surface area contributed by atoms with Gasteiger partial charge in [0.1, 0.15) is 4.90 Å². The molecule has 1 heterocycles. The molecule has 0 aliphatic carbocycles. The van der Waals surface area contributed by atoms with Crippen LogP contribution in [-0.2, 0) is 10.0 Å². The number of hydrogen-bond donors (Lipinski definition) is 2. The first-order valence-electron chi connectivity index (χ1n) is 9.24. The molecule has 0 spiro atoms. The van der Waals surface area contributed by atoms with Gasteiger partial charge in [0.2, 0.25) is 0 Å². The zero-order valence-electron chi connectivity index (χ0n) is 16.2. The third kappa shape index (κ3) is 4.77. The number of para-hydroxylation sites is 1. The van der Waals surface area contributed by atoms with Crippen LogP contribution in [0.2, 0.25) is 10.0 Å². The number of halogens is 2. The van der Waals surface area contributed by atoms with E-state index in [4.69, 9.17) is 27.7 Å². The lowest BCUT2D eigenvalue weighted by Gasteiger charge is -2.12. The van der Waals surface area contributed by atoms with E-state index in [1.54, 1.807) is 18.2 Å². The molecule has 32 heavy (non-hydrogen) atoms. The van der Waals surface area contributed by atoms with Crippen molar-refractivity contribution in [2.24, 2.45) is 0 Å². The van der Waals surface area contributed by atoms with Crippen LogP contribution in [0.1, 0.15) is 10.5 Å². The molecule has 1 amide bonds. The number of anilines is 2. The van der Waals surface area contributed by atoms with Gasteiger partial charge in [-0.2, -0.15) is 0 Å². The van der Waals surface area contributed by atoms with Gasteiger partial charge in [-0.25, -0.2) is 8.42 Å². The van der Waals surface area contributed by atoms with Crippen molar-refractivity contribution >= 4 is 50.5 Å². The average Bonchev–Trinajstić information content (AvgIpc) is 3.28. The zero-order valence-corrected chi connectivity index (χ0v) is 18.6. The first kappa shape index (κ1) is 21.9. The van der Waals surface area contributed by atoms with Crippen molar-refractivity contribution in [1.82, 2.24) is 5.16 Å². The van der Waals surface area contributed by atoms with Crippen LogP contribution >= 0.6 is 23.2 Å². The molecular weight excluding hydrogens is 473 g/mol. The Morgan fingerprint density at radius 3 is 2.34 bits per heavy atom. The van der Waals surface area contributed by atoms with Crippen LogP contribution in [-0.4, -0.2) is 19.5 Å². The predicted molar refractivity (Wildman–Crippen MR) is 124 cm³/mol. The molecule has 4 aromatic rings. The van der Waals surface area contributed by atoms with Crippen LogP contribution < -0.4 is 10.0 Å². The molecule has 162 valence electrons. The first-order valence-corrected chi connectivity index (χ1v) is 11.5. The number of nitrogens with zero attached hydrogens (tertiary/aromatic N) is 1. The molecule has 10 heteroatoms. The number of carbonyl (C=O) groups is 1. The van der Waals surface area contributed by atoms with E-state index in [0.717, 1.165) is 5.56 Å². The molecule has 0 fully saturated rings. The minimum Gasteiger partial charge on any atom is -0.355 e. The van der Waals surface area contributed by atoms with E-state index in [1.165, 1.54) is 30.3 Å². The Morgan fingerprint density at radius 1 is 0.875 bits per heavy atom. The molecule has 0 saturated carbocycles. The summed E-state index contributed by atoms with van der Waals surface area (Å²) in [4.78, 5) is 12.4. The van der Waals surface area contributed by atoms with Gasteiger partial charge in [-0.05, 0) is 30.3 Å². The maximum Gasteiger partial charge on any atom is 0.277 e. The quantitative estimate of drug-likeness (QED) is 0.363. The summed E-state index contributed by atoms with van der Waals surface area (Å²) in [5, 5.41) is 6.60. The predicted octanol–water partition coefficient (Wildman–Crippen LogP) is 5.70. The van der Waals surface area contributed by atoms with Gasteiger partial charge in [-0.15, -0.1) is 0 Å². The number of hydrogen-bond acceptors (Lipinski definition) is 5. The number of benzene rings is 3. The summed E-state index contributed by atoms with van der Waals surface area (Å²) >= 11 is 12.2. The summed E-state index contributed by atoms with van der Waals surface area (Å²) < 4.78 is 33.3. The lowest BCUT2D eigenvalue weighted by atomic mass is 10.1. The van der Waals surface area contributed by atoms with E-state index in [1.807, 2.05) is 30.3 Å². The standard InChI is InChI=1S/C22H15Cl2N3O4S/c23-16-8-4-5-9-18(16)27-32(29,30)21-12-15(10-11-17(21)24)25-22(28)19-13-20(31-26-19)14-6-2-1-3-7-14/h1-13,27H,(H,25,28). The highest BCUT2D eigenvalue weighted by molar-refractivity contribution is 7.92. The molecule has 0 atom stereocenters. The Labute approximate surface area is 194 Å². The zero-order chi connectivity index (χ0) is 22.7. The Hall–Kier alpha value is -3.33. The van der Waals surface area contributed by atoms with E-state index < -0.39 is 15.9 Å². The minimum absolute atomic E-state index is 0.0182. The fourth-order valence-electron chi connectivity index (χ4n) is 2.85. The Morgan fingerprint density at radius 2 is 1.59 bits per heavy atom. The number of sulfonamides is 1. The molecular formula is C22H15Cl2N3O4S. The van der Waals surface area contributed by atoms with Gasteiger partial charge in [-0.3, -0.25) is 9.52 Å². The number of aromatic nitrogens is 1. The summed E-state index contributed by atoms with van der Waals surface area (Å²) in [6, 6.07) is 21.2. The lowest BCUT2D eigenvalue weighted by Crippen LogP contribution is -2.16. The van der Waals surface area contributed by atoms with Gasteiger partial charge >= 0.3 is 0 Å². The second kappa shape index (κ2) is 9.04. The number of rotatable bonds is 6. The van der Waals surface area contributed by atoms with Gasteiger partial charge < -0.3 is 9.84 Å². The highest BCUT2D eigenvalue weighted by atomic mass is 35.5. The molecule has 3 aromatic carbocycles. The van der Waals surface area contributed by atoms with Crippen LogP contribution in [0.5, 0.6) is 0 Å². The third-order valence-corrected chi connectivity index (χ3v) is 6.57. The molecule has 4 rings (SSSR count). The second-order valence-electron chi connectivity index (χ2n) is 6.63. The third-order valence-electron chi connectivity index (χ3n) is 4.40. The van der Waals surface area contributed by atoms with Gasteiger partial charge in [0.05, 0.1) is 15.7 Å². The van der Waals surface area contributed by atoms with Crippen LogP contribution in [0, 0.1) is 0 Å². The highest BCUT2D eigenvalue weighted by Gasteiger charge is 2.21. The summed E-state index contributed by atoms with van der Waals surface area (Å²) in [5.74, 6) is -0.139. The maximum atomic E-state index is 12.8. The van der Waals surface area contributed by atoms with Crippen LogP contribution in [0.3, 0.4) is 0 Å². The fraction of sp³-hybridized carbons (Fsp3) is 0. The van der Waals surface area contributed by atoms with Crippen molar-refractivity contribution in [1.29, 1.82) is 0 Å². The maximum absolute atomic E-state index is 12.8. The van der Waals surface area contributed by atoms with E-state index in [-0.39, 0.29) is 32.0 Å². The average molecular weight is 488 g/mol. The van der Waals surface area contributed by atoms with Crippen molar-refractivity contribution < 1.29 is 17.7 Å². The van der Waals surface area contributed by atoms with Crippen LogP contribution in [0.25, 0.3) is 11.3 Å². The van der Waals surface area contributed by atoms with E-state index in [2.05, 4.69) is 15.2 Å². The summed E-state index contributed by atoms with van der Waals surface area (Å²) in [5.41, 5.74) is 1.22. The van der Waals surface area contributed by atoms with Crippen molar-refractivity contribution in [2.75, 3.05) is 10.0 Å². The smallest absolute Gasteiger partial charge is 0.277 e. The SMILES string of the molecule is O=C(Nc1ccc(Cl)c(S(=O)(=O)Nc2ccccc2Cl)c1)c1cc(-c2ccccc2)on1. The molecule has 7 nitrogen and oxygen atoms in total. The molecule has 0 aliphatic heterocycles. The Bertz CT molecular complexity index is 1390. The monoisotopic (exact) mass is 487 g/mol. The van der Waals surface area contributed by atoms with Gasteiger partial charge in [0, 0.05) is 17.3 Å². The molecule has 0 radical (unpaired) electrons. The fourth-order valence-corrected chi connectivity index (χ4v) is 4.69. The van der Waals surface area contributed by atoms with E-state index in [0.29, 0.717) is 5.76 Å². The molecule has 2 N–H and O–H groups in total. The van der Waals surface area contributed by atoms with Gasteiger partial charge in [0.15, 0.2) is 11.5 Å². The van der Waals surface area contributed by atoms with Crippen LogP contribution in [0.4, 0.5) is 11.4 Å². The second-order valence-corrected chi connectivity index (χ2v) is 9.09. The number of amides is 1. The number of nitrogens with one attached hydrogen (secondary N) is 2. The largest absolute Gasteiger partial charge is 0.355 e. The highest BCUT2D eigenvalue weighted by Crippen LogP contribution is 2.29. The first-order chi connectivity index (χ1) is 15.3. The van der Waals surface area contributed by atoms with Gasteiger partial charge in [0.25, 0.3) is 15.9 Å². The summed E-state index contributed by atoms with van der Waals surface area (Å²) in [7, 11) is -4.07. The van der Waals surface area contributed by atoms with Crippen LogP contribution in [0.15, 0.2) is 88.3 Å². The molecule has 0 aliphatic rings. The molecule has 0 bridgehead atoms. The normalized spacial score (nSPS) is 11.2.